The number of fused-ring (bicyclic) bond motifs is 3. The van der Waals surface area contributed by atoms with Crippen molar-refractivity contribution in [3.05, 3.63) is 41.7 Å². The van der Waals surface area contributed by atoms with Gasteiger partial charge in [-0.2, -0.15) is 0 Å². The van der Waals surface area contributed by atoms with E-state index in [2.05, 4.69) is 5.32 Å². The average Bonchev–Trinajstić information content (AvgIpc) is 2.87. The van der Waals surface area contributed by atoms with Crippen LogP contribution in [0.3, 0.4) is 0 Å². The Morgan fingerprint density at radius 3 is 2.68 bits per heavy atom. The number of nitrogens with one attached hydrogen (secondary N) is 1. The number of benzene rings is 1. The second kappa shape index (κ2) is 3.86. The molecule has 3 aliphatic rings. The van der Waals surface area contributed by atoms with Crippen molar-refractivity contribution in [2.75, 3.05) is 0 Å². The Labute approximate surface area is 112 Å². The largest absolute Gasteiger partial charge is 0.494 e. The molecular formula is C16H17NO2. The van der Waals surface area contributed by atoms with Gasteiger partial charge in [0.15, 0.2) is 0 Å². The van der Waals surface area contributed by atoms with Crippen molar-refractivity contribution in [3.63, 3.8) is 0 Å². The van der Waals surface area contributed by atoms with Crippen LogP contribution in [0.5, 0.6) is 0 Å². The standard InChI is InChI=1S/C16H17NO2/c18-15-12-6-2-1-5-11(12)13-10-19-16(7-3-4-8-16)9-14(13)17-15/h1-2,5-6,10,14H,3-4,7-9H2,(H,17,18). The topological polar surface area (TPSA) is 38.3 Å². The monoisotopic (exact) mass is 255 g/mol. The van der Waals surface area contributed by atoms with E-state index >= 15 is 0 Å². The van der Waals surface area contributed by atoms with Crippen molar-refractivity contribution >= 4 is 11.5 Å². The molecule has 2 aliphatic heterocycles. The van der Waals surface area contributed by atoms with Gasteiger partial charge in [-0.1, -0.05) is 18.2 Å². The quantitative estimate of drug-likeness (QED) is 0.774. The molecule has 19 heavy (non-hydrogen) atoms. The van der Waals surface area contributed by atoms with Crippen LogP contribution in [0.15, 0.2) is 30.5 Å². The second-order valence-electron chi connectivity index (χ2n) is 5.86. The molecule has 1 fully saturated rings. The Morgan fingerprint density at radius 2 is 1.89 bits per heavy atom. The molecule has 2 heterocycles. The van der Waals surface area contributed by atoms with Crippen molar-refractivity contribution in [2.45, 2.75) is 43.7 Å². The van der Waals surface area contributed by atoms with Crippen LogP contribution in [0.1, 0.15) is 48.0 Å². The third-order valence-corrected chi connectivity index (χ3v) is 4.69. The molecule has 1 aliphatic carbocycles. The number of amides is 1. The van der Waals surface area contributed by atoms with Crippen LogP contribution >= 0.6 is 0 Å². The molecule has 1 spiro atoms. The molecule has 1 atom stereocenters. The van der Waals surface area contributed by atoms with Crippen molar-refractivity contribution in [2.24, 2.45) is 0 Å². The van der Waals surface area contributed by atoms with Crippen molar-refractivity contribution in [3.8, 4) is 0 Å². The number of hydrogen-bond acceptors (Lipinski definition) is 2. The molecule has 0 saturated heterocycles. The summed E-state index contributed by atoms with van der Waals surface area (Å²) in [5.41, 5.74) is 2.90. The Kier molecular flexibility index (Phi) is 2.25. The summed E-state index contributed by atoms with van der Waals surface area (Å²) in [6.07, 6.45) is 7.52. The molecule has 1 aromatic rings. The first-order valence-electron chi connectivity index (χ1n) is 7.06. The minimum Gasteiger partial charge on any atom is -0.494 e. The molecule has 4 rings (SSSR count). The molecule has 0 bridgehead atoms. The van der Waals surface area contributed by atoms with Gasteiger partial charge in [0, 0.05) is 17.6 Å². The molecule has 0 aromatic heterocycles. The minimum atomic E-state index is -0.0201. The lowest BCUT2D eigenvalue weighted by Gasteiger charge is -2.40. The predicted molar refractivity (Wildman–Crippen MR) is 72.6 cm³/mol. The van der Waals surface area contributed by atoms with Crippen LogP contribution in [0, 0.1) is 0 Å². The number of carbonyl (C=O) groups is 1. The van der Waals surface area contributed by atoms with Gasteiger partial charge in [-0.3, -0.25) is 4.79 Å². The number of carbonyl (C=O) groups excluding carboxylic acids is 1. The fourth-order valence-electron chi connectivity index (χ4n) is 3.69. The molecule has 1 aromatic carbocycles. The smallest absolute Gasteiger partial charge is 0.252 e. The summed E-state index contributed by atoms with van der Waals surface area (Å²) in [6, 6.07) is 7.90. The van der Waals surface area contributed by atoms with Gasteiger partial charge in [0.05, 0.1) is 12.3 Å². The first-order valence-corrected chi connectivity index (χ1v) is 7.06. The highest BCUT2D eigenvalue weighted by molar-refractivity contribution is 6.03. The maximum atomic E-state index is 12.2. The van der Waals surface area contributed by atoms with Gasteiger partial charge < -0.3 is 10.1 Å². The zero-order valence-corrected chi connectivity index (χ0v) is 10.8. The van der Waals surface area contributed by atoms with E-state index in [0.717, 1.165) is 36.0 Å². The molecule has 1 saturated carbocycles. The highest BCUT2D eigenvalue weighted by Gasteiger charge is 2.43. The van der Waals surface area contributed by atoms with Crippen LogP contribution in [-0.2, 0) is 4.74 Å². The van der Waals surface area contributed by atoms with E-state index in [9.17, 15) is 4.79 Å². The Hall–Kier alpha value is -1.77. The summed E-state index contributed by atoms with van der Waals surface area (Å²) in [6.45, 7) is 0. The molecule has 98 valence electrons. The van der Waals surface area contributed by atoms with Gasteiger partial charge in [-0.05, 0) is 37.3 Å². The Morgan fingerprint density at radius 1 is 1.16 bits per heavy atom. The van der Waals surface area contributed by atoms with Gasteiger partial charge in [-0.15, -0.1) is 0 Å². The summed E-state index contributed by atoms with van der Waals surface area (Å²) >= 11 is 0. The van der Waals surface area contributed by atoms with Crippen LogP contribution in [0.4, 0.5) is 0 Å². The first-order chi connectivity index (χ1) is 9.27. The SMILES string of the molecule is O=C1NC2CC3(CCCC3)OC=C2c2ccccc21. The molecule has 1 amide bonds. The number of rotatable bonds is 0. The normalized spacial score (nSPS) is 27.1. The summed E-state index contributed by atoms with van der Waals surface area (Å²) < 4.78 is 6.07. The highest BCUT2D eigenvalue weighted by Crippen LogP contribution is 2.44. The maximum Gasteiger partial charge on any atom is 0.252 e. The molecule has 0 radical (unpaired) electrons. The lowest BCUT2D eigenvalue weighted by Crippen LogP contribution is -2.48. The number of ether oxygens (including phenoxy) is 1. The van der Waals surface area contributed by atoms with Gasteiger partial charge in [0.1, 0.15) is 5.60 Å². The van der Waals surface area contributed by atoms with E-state index in [1.54, 1.807) is 0 Å². The van der Waals surface area contributed by atoms with E-state index < -0.39 is 0 Å². The van der Waals surface area contributed by atoms with Crippen molar-refractivity contribution in [1.82, 2.24) is 5.32 Å². The highest BCUT2D eigenvalue weighted by atomic mass is 16.5. The average molecular weight is 255 g/mol. The zero-order chi connectivity index (χ0) is 12.9. The molecular weight excluding hydrogens is 238 g/mol. The lowest BCUT2D eigenvalue weighted by molar-refractivity contribution is 0.00583. The van der Waals surface area contributed by atoms with E-state index in [1.165, 1.54) is 12.8 Å². The number of hydrogen-bond donors (Lipinski definition) is 1. The molecule has 1 unspecified atom stereocenters. The molecule has 1 N–H and O–H groups in total. The van der Waals surface area contributed by atoms with Gasteiger partial charge in [0.2, 0.25) is 0 Å². The van der Waals surface area contributed by atoms with Crippen LogP contribution in [-0.4, -0.2) is 17.6 Å². The first kappa shape index (κ1) is 11.1. The van der Waals surface area contributed by atoms with Crippen molar-refractivity contribution in [1.29, 1.82) is 0 Å². The fourth-order valence-corrected chi connectivity index (χ4v) is 3.69. The van der Waals surface area contributed by atoms with Crippen LogP contribution < -0.4 is 5.32 Å². The maximum absolute atomic E-state index is 12.2. The third-order valence-electron chi connectivity index (χ3n) is 4.69. The molecule has 3 heteroatoms. The summed E-state index contributed by atoms with van der Waals surface area (Å²) in [5, 5.41) is 3.14. The van der Waals surface area contributed by atoms with E-state index in [4.69, 9.17) is 4.74 Å². The van der Waals surface area contributed by atoms with Gasteiger partial charge in [0.25, 0.3) is 5.91 Å². The Bertz CT molecular complexity index is 570. The van der Waals surface area contributed by atoms with Crippen molar-refractivity contribution < 1.29 is 9.53 Å². The summed E-state index contributed by atoms with van der Waals surface area (Å²) in [5.74, 6) is 0.0489. The third kappa shape index (κ3) is 1.61. The minimum absolute atomic E-state index is 0.0201. The van der Waals surface area contributed by atoms with E-state index in [-0.39, 0.29) is 17.6 Å². The second-order valence-corrected chi connectivity index (χ2v) is 5.86. The van der Waals surface area contributed by atoms with Gasteiger partial charge >= 0.3 is 0 Å². The summed E-state index contributed by atoms with van der Waals surface area (Å²) in [7, 11) is 0. The Balaban J connectivity index is 1.77. The molecule has 3 nitrogen and oxygen atoms in total. The predicted octanol–water partition coefficient (Wildman–Crippen LogP) is 2.87. The fraction of sp³-hybridized carbons (Fsp3) is 0.438. The van der Waals surface area contributed by atoms with Gasteiger partial charge in [-0.25, -0.2) is 0 Å². The lowest BCUT2D eigenvalue weighted by atomic mass is 9.81. The van der Waals surface area contributed by atoms with E-state index in [0.29, 0.717) is 0 Å². The van der Waals surface area contributed by atoms with Crippen LogP contribution in [0.25, 0.3) is 5.57 Å². The zero-order valence-electron chi connectivity index (χ0n) is 10.8. The van der Waals surface area contributed by atoms with Crippen LogP contribution in [0.2, 0.25) is 0 Å². The summed E-state index contributed by atoms with van der Waals surface area (Å²) in [4.78, 5) is 12.2. The van der Waals surface area contributed by atoms with E-state index in [1.807, 2.05) is 30.5 Å².